The van der Waals surface area contributed by atoms with Gasteiger partial charge in [0.05, 0.1) is 40.6 Å². The first-order valence-electron chi connectivity index (χ1n) is 12.5. The third kappa shape index (κ3) is 3.99. The van der Waals surface area contributed by atoms with E-state index in [9.17, 15) is 0 Å². The summed E-state index contributed by atoms with van der Waals surface area (Å²) in [6.07, 6.45) is 12.1. The van der Waals surface area contributed by atoms with Crippen LogP contribution in [0.3, 0.4) is 0 Å². The second-order valence-electron chi connectivity index (χ2n) is 9.47. The van der Waals surface area contributed by atoms with Crippen molar-refractivity contribution in [2.45, 2.75) is 32.0 Å². The van der Waals surface area contributed by atoms with Crippen LogP contribution in [0.2, 0.25) is 0 Å². The van der Waals surface area contributed by atoms with E-state index in [0.717, 1.165) is 77.2 Å². The smallest absolute Gasteiger partial charge is 0.150 e. The predicted molar refractivity (Wildman–Crippen MR) is 140 cm³/mol. The van der Waals surface area contributed by atoms with Gasteiger partial charge in [-0.3, -0.25) is 14.5 Å². The molecule has 0 spiro atoms. The first-order valence-corrected chi connectivity index (χ1v) is 12.5. The first-order chi connectivity index (χ1) is 18.2. The van der Waals surface area contributed by atoms with Crippen molar-refractivity contribution in [1.82, 2.24) is 29.5 Å². The van der Waals surface area contributed by atoms with Crippen LogP contribution >= 0.6 is 0 Å². The average Bonchev–Trinajstić information content (AvgIpc) is 3.55. The topological polar surface area (TPSA) is 117 Å². The molecule has 186 valence electrons. The second kappa shape index (κ2) is 8.97. The minimum absolute atomic E-state index is 0.00727. The van der Waals surface area contributed by atoms with Crippen LogP contribution in [-0.4, -0.2) is 49.2 Å². The largest absolute Gasteiger partial charge is 0.487 e. The Bertz CT molecular complexity index is 1610. The maximum Gasteiger partial charge on any atom is 0.150 e. The second-order valence-corrected chi connectivity index (χ2v) is 9.47. The van der Waals surface area contributed by atoms with Gasteiger partial charge in [0.2, 0.25) is 0 Å². The number of nitrogen functional groups attached to an aromatic ring is 1. The van der Waals surface area contributed by atoms with Crippen molar-refractivity contribution in [2.24, 2.45) is 0 Å². The SMILES string of the molecule is Nc1ncnc2c1c(C1CCCO1)cn2-c1cncc(COc2cnc3ccc(N4CCC4)nc3c2)c1. The highest BCUT2D eigenvalue weighted by molar-refractivity contribution is 5.91. The van der Waals surface area contributed by atoms with Crippen LogP contribution in [0.4, 0.5) is 11.6 Å². The lowest BCUT2D eigenvalue weighted by atomic mass is 10.1. The normalized spacial score (nSPS) is 17.4. The van der Waals surface area contributed by atoms with Gasteiger partial charge in [0, 0.05) is 49.3 Å². The molecule has 2 saturated heterocycles. The fraction of sp³-hybridized carbons (Fsp3) is 0.296. The van der Waals surface area contributed by atoms with E-state index in [1.165, 1.54) is 12.7 Å². The molecule has 2 aliphatic heterocycles. The van der Waals surface area contributed by atoms with Crippen LogP contribution in [-0.2, 0) is 11.3 Å². The third-order valence-corrected chi connectivity index (χ3v) is 7.06. The van der Waals surface area contributed by atoms with Crippen LogP contribution < -0.4 is 15.4 Å². The average molecular weight is 495 g/mol. The van der Waals surface area contributed by atoms with E-state index in [1.54, 1.807) is 18.6 Å². The summed E-state index contributed by atoms with van der Waals surface area (Å²) in [4.78, 5) is 24.8. The summed E-state index contributed by atoms with van der Waals surface area (Å²) in [6, 6.07) is 8.02. The van der Waals surface area contributed by atoms with Crippen molar-refractivity contribution in [1.29, 1.82) is 0 Å². The number of anilines is 2. The molecule has 7 heterocycles. The van der Waals surface area contributed by atoms with Gasteiger partial charge in [-0.2, -0.15) is 0 Å². The number of fused-ring (bicyclic) bond motifs is 2. The number of hydrogen-bond donors (Lipinski definition) is 1. The molecule has 2 N–H and O–H groups in total. The molecule has 0 amide bonds. The van der Waals surface area contributed by atoms with Crippen LogP contribution in [0.15, 0.2) is 55.4 Å². The molecule has 0 bridgehead atoms. The zero-order valence-electron chi connectivity index (χ0n) is 20.2. The zero-order valence-corrected chi connectivity index (χ0v) is 20.2. The molecular formula is C27H26N8O2. The summed E-state index contributed by atoms with van der Waals surface area (Å²) >= 11 is 0. The summed E-state index contributed by atoms with van der Waals surface area (Å²) in [5, 5.41) is 0.836. The van der Waals surface area contributed by atoms with Gasteiger partial charge in [0.15, 0.2) is 0 Å². The summed E-state index contributed by atoms with van der Waals surface area (Å²) in [7, 11) is 0. The molecule has 0 aromatic carbocycles. The fourth-order valence-electron chi connectivity index (χ4n) is 5.01. The molecule has 10 heteroatoms. The van der Waals surface area contributed by atoms with Gasteiger partial charge >= 0.3 is 0 Å². The highest BCUT2D eigenvalue weighted by Gasteiger charge is 2.25. The molecule has 10 nitrogen and oxygen atoms in total. The minimum atomic E-state index is -0.00727. The van der Waals surface area contributed by atoms with Crippen molar-refractivity contribution >= 4 is 33.7 Å². The number of nitrogens with two attached hydrogens (primary N) is 1. The minimum Gasteiger partial charge on any atom is -0.487 e. The molecule has 5 aromatic heterocycles. The van der Waals surface area contributed by atoms with Gasteiger partial charge in [-0.15, -0.1) is 0 Å². The van der Waals surface area contributed by atoms with Gasteiger partial charge in [-0.25, -0.2) is 15.0 Å². The van der Waals surface area contributed by atoms with Crippen LogP contribution in [0.5, 0.6) is 5.75 Å². The van der Waals surface area contributed by atoms with E-state index < -0.39 is 0 Å². The molecule has 2 fully saturated rings. The summed E-state index contributed by atoms with van der Waals surface area (Å²) in [5.41, 5.74) is 11.5. The van der Waals surface area contributed by atoms with Gasteiger partial charge < -0.3 is 20.1 Å². The molecule has 1 unspecified atom stereocenters. The van der Waals surface area contributed by atoms with Crippen molar-refractivity contribution in [3.63, 3.8) is 0 Å². The predicted octanol–water partition coefficient (Wildman–Crippen LogP) is 3.98. The van der Waals surface area contributed by atoms with Crippen molar-refractivity contribution < 1.29 is 9.47 Å². The highest BCUT2D eigenvalue weighted by Crippen LogP contribution is 2.37. The zero-order chi connectivity index (χ0) is 24.8. The number of nitrogens with zero attached hydrogens (tertiary/aromatic N) is 7. The lowest BCUT2D eigenvalue weighted by Gasteiger charge is -2.32. The molecule has 0 saturated carbocycles. The summed E-state index contributed by atoms with van der Waals surface area (Å²) in [6.45, 7) is 3.19. The van der Waals surface area contributed by atoms with Crippen molar-refractivity contribution in [3.8, 4) is 11.4 Å². The molecule has 1 atom stereocenters. The molecule has 0 aliphatic carbocycles. The number of hydrogen-bond acceptors (Lipinski definition) is 9. The van der Waals surface area contributed by atoms with Crippen LogP contribution in [0.25, 0.3) is 27.8 Å². The van der Waals surface area contributed by atoms with Gasteiger partial charge in [-0.05, 0) is 37.5 Å². The van der Waals surface area contributed by atoms with E-state index >= 15 is 0 Å². The van der Waals surface area contributed by atoms with E-state index in [0.29, 0.717) is 18.2 Å². The number of rotatable bonds is 6. The summed E-state index contributed by atoms with van der Waals surface area (Å²) in [5.74, 6) is 2.11. The quantitative estimate of drug-likeness (QED) is 0.374. The molecular weight excluding hydrogens is 468 g/mol. The molecule has 7 rings (SSSR count). The van der Waals surface area contributed by atoms with Gasteiger partial charge in [0.1, 0.15) is 36.0 Å². The van der Waals surface area contributed by atoms with Gasteiger partial charge in [0.25, 0.3) is 0 Å². The maximum atomic E-state index is 6.27. The first kappa shape index (κ1) is 21.9. The Balaban J connectivity index is 1.16. The van der Waals surface area contributed by atoms with Crippen molar-refractivity contribution in [3.05, 3.63) is 66.5 Å². The van der Waals surface area contributed by atoms with E-state index in [4.69, 9.17) is 20.2 Å². The Hall–Kier alpha value is -4.31. The monoisotopic (exact) mass is 494 g/mol. The number of ether oxygens (including phenoxy) is 2. The van der Waals surface area contributed by atoms with E-state index in [2.05, 4.69) is 24.8 Å². The van der Waals surface area contributed by atoms with Crippen molar-refractivity contribution in [2.75, 3.05) is 30.3 Å². The fourth-order valence-corrected chi connectivity index (χ4v) is 5.01. The molecule has 2 aliphatic rings. The number of aromatic nitrogens is 6. The van der Waals surface area contributed by atoms with E-state index in [1.807, 2.05) is 35.0 Å². The lowest BCUT2D eigenvalue weighted by molar-refractivity contribution is 0.113. The molecule has 5 aromatic rings. The van der Waals surface area contributed by atoms with Crippen LogP contribution in [0, 0.1) is 0 Å². The Morgan fingerprint density at radius 1 is 1.03 bits per heavy atom. The Morgan fingerprint density at radius 3 is 2.81 bits per heavy atom. The van der Waals surface area contributed by atoms with Crippen LogP contribution in [0.1, 0.15) is 36.5 Å². The Kier molecular flexibility index (Phi) is 5.32. The van der Waals surface area contributed by atoms with E-state index in [-0.39, 0.29) is 6.10 Å². The lowest BCUT2D eigenvalue weighted by Crippen LogP contribution is -2.37. The standard InChI is InChI=1S/C27H26N8O2/c28-26-25-20(23-3-1-8-36-23)14-35(27(25)32-16-31-26)18-9-17(11-29-12-18)15-37-19-10-22-21(30-13-19)4-5-24(33-22)34-6-2-7-34/h4-5,9-14,16,23H,1-3,6-8,15H2,(H2,28,31,32). The number of pyridine rings is 3. The van der Waals surface area contributed by atoms with Gasteiger partial charge in [-0.1, -0.05) is 0 Å². The third-order valence-electron chi connectivity index (χ3n) is 7.06. The molecule has 0 radical (unpaired) electrons. The Morgan fingerprint density at radius 2 is 1.97 bits per heavy atom. The molecule has 37 heavy (non-hydrogen) atoms. The summed E-state index contributed by atoms with van der Waals surface area (Å²) < 4.78 is 14.0. The maximum absolute atomic E-state index is 6.27. The Labute approximate surface area is 213 Å². The highest BCUT2D eigenvalue weighted by atomic mass is 16.5.